The molecule has 0 atom stereocenters. The fraction of sp³-hybridized carbons (Fsp3) is 0.154. The summed E-state index contributed by atoms with van der Waals surface area (Å²) in [7, 11) is 0. The highest BCUT2D eigenvalue weighted by Crippen LogP contribution is 2.34. The summed E-state index contributed by atoms with van der Waals surface area (Å²) in [5.74, 6) is 0.745. The first-order chi connectivity index (χ1) is 8.77. The monoisotopic (exact) mass is 256 g/mol. The second kappa shape index (κ2) is 4.34. The van der Waals surface area contributed by atoms with E-state index in [0.29, 0.717) is 4.99 Å². The van der Waals surface area contributed by atoms with Crippen LogP contribution < -0.4 is 10.6 Å². The van der Waals surface area contributed by atoms with Gasteiger partial charge < -0.3 is 10.6 Å². The highest BCUT2D eigenvalue weighted by molar-refractivity contribution is 7.80. The van der Waals surface area contributed by atoms with Crippen LogP contribution in [0.5, 0.6) is 0 Å². The quantitative estimate of drug-likeness (QED) is 0.830. The second-order valence-electron chi connectivity index (χ2n) is 4.16. The number of hydrogen-bond donors (Lipinski definition) is 1. The normalized spacial score (nSPS) is 13.4. The molecular formula is C13H12N4S. The van der Waals surface area contributed by atoms with E-state index in [1.807, 2.05) is 18.2 Å². The number of anilines is 2. The first kappa shape index (κ1) is 11.1. The van der Waals surface area contributed by atoms with Crippen LogP contribution in [0.3, 0.4) is 0 Å². The lowest BCUT2D eigenvalue weighted by molar-refractivity contribution is 0.925. The molecular weight excluding hydrogens is 244 g/mol. The molecule has 0 amide bonds. The van der Waals surface area contributed by atoms with Gasteiger partial charge in [-0.2, -0.15) is 5.10 Å². The summed E-state index contributed by atoms with van der Waals surface area (Å²) >= 11 is 5.07. The largest absolute Gasteiger partial charge is 0.389 e. The topological polar surface area (TPSA) is 55.0 Å². The van der Waals surface area contributed by atoms with E-state index in [4.69, 9.17) is 18.0 Å². The van der Waals surface area contributed by atoms with Crippen LogP contribution in [0.15, 0.2) is 36.5 Å². The summed E-state index contributed by atoms with van der Waals surface area (Å²) in [5, 5.41) is 8.13. The van der Waals surface area contributed by atoms with Crippen molar-refractivity contribution in [2.45, 2.75) is 6.42 Å². The maximum Gasteiger partial charge on any atom is 0.165 e. The molecule has 0 spiro atoms. The van der Waals surface area contributed by atoms with E-state index in [0.717, 1.165) is 30.0 Å². The van der Waals surface area contributed by atoms with Crippen molar-refractivity contribution in [3.05, 3.63) is 47.7 Å². The molecule has 1 aliphatic heterocycles. The number of rotatable bonds is 2. The van der Waals surface area contributed by atoms with Gasteiger partial charge in [0.1, 0.15) is 4.99 Å². The molecule has 3 rings (SSSR count). The summed E-state index contributed by atoms with van der Waals surface area (Å²) in [5.41, 5.74) is 8.99. The molecule has 0 saturated carbocycles. The minimum atomic E-state index is 0.351. The molecule has 2 aromatic rings. The van der Waals surface area contributed by atoms with Crippen molar-refractivity contribution >= 4 is 28.7 Å². The van der Waals surface area contributed by atoms with Crippen LogP contribution in [-0.4, -0.2) is 21.7 Å². The smallest absolute Gasteiger partial charge is 0.165 e. The fourth-order valence-corrected chi connectivity index (χ4v) is 2.43. The molecule has 5 heteroatoms. The first-order valence-corrected chi connectivity index (χ1v) is 6.15. The molecule has 18 heavy (non-hydrogen) atoms. The van der Waals surface area contributed by atoms with Gasteiger partial charge in [-0.15, -0.1) is 5.10 Å². The second-order valence-corrected chi connectivity index (χ2v) is 4.60. The maximum atomic E-state index is 5.74. The van der Waals surface area contributed by atoms with Crippen LogP contribution >= 0.6 is 12.2 Å². The predicted molar refractivity (Wildman–Crippen MR) is 75.1 cm³/mol. The number of benzene rings is 1. The molecule has 0 radical (unpaired) electrons. The van der Waals surface area contributed by atoms with Crippen molar-refractivity contribution < 1.29 is 0 Å². The molecule has 0 fully saturated rings. The Morgan fingerprint density at radius 2 is 2.11 bits per heavy atom. The number of hydrogen-bond acceptors (Lipinski definition) is 4. The van der Waals surface area contributed by atoms with E-state index in [1.165, 1.54) is 5.56 Å². The third-order valence-electron chi connectivity index (χ3n) is 3.11. The van der Waals surface area contributed by atoms with Crippen molar-refractivity contribution in [1.29, 1.82) is 0 Å². The number of nitrogens with zero attached hydrogens (tertiary/aromatic N) is 3. The molecule has 0 saturated heterocycles. The van der Waals surface area contributed by atoms with Gasteiger partial charge in [0, 0.05) is 12.2 Å². The molecule has 4 nitrogen and oxygen atoms in total. The Hall–Kier alpha value is -2.01. The number of aromatic nitrogens is 2. The van der Waals surface area contributed by atoms with E-state index in [-0.39, 0.29) is 0 Å². The zero-order chi connectivity index (χ0) is 12.5. The third kappa shape index (κ3) is 1.73. The van der Waals surface area contributed by atoms with E-state index in [2.05, 4.69) is 27.2 Å². The zero-order valence-corrected chi connectivity index (χ0v) is 10.5. The summed E-state index contributed by atoms with van der Waals surface area (Å²) in [4.78, 5) is 2.47. The van der Waals surface area contributed by atoms with Crippen molar-refractivity contribution in [1.82, 2.24) is 10.2 Å². The molecule has 1 aromatic heterocycles. The predicted octanol–water partition coefficient (Wildman–Crippen LogP) is 1.80. The lowest BCUT2D eigenvalue weighted by Crippen LogP contribution is -2.21. The van der Waals surface area contributed by atoms with Crippen molar-refractivity contribution in [2.75, 3.05) is 11.4 Å². The van der Waals surface area contributed by atoms with Gasteiger partial charge in [0.05, 0.1) is 11.8 Å². The summed E-state index contributed by atoms with van der Waals surface area (Å²) in [6.45, 7) is 0.883. The van der Waals surface area contributed by atoms with Gasteiger partial charge in [-0.3, -0.25) is 0 Å². The van der Waals surface area contributed by atoms with Crippen molar-refractivity contribution in [2.24, 2.45) is 5.73 Å². The van der Waals surface area contributed by atoms with Crippen LogP contribution in [0.2, 0.25) is 0 Å². The zero-order valence-electron chi connectivity index (χ0n) is 9.71. The van der Waals surface area contributed by atoms with Crippen LogP contribution in [0.25, 0.3) is 0 Å². The van der Waals surface area contributed by atoms with Crippen LogP contribution in [0, 0.1) is 0 Å². The summed E-state index contributed by atoms with van der Waals surface area (Å²) < 4.78 is 0. The lowest BCUT2D eigenvalue weighted by Gasteiger charge is -2.19. The molecule has 1 aromatic carbocycles. The first-order valence-electron chi connectivity index (χ1n) is 5.74. The summed E-state index contributed by atoms with van der Waals surface area (Å²) in [6, 6.07) is 10.1. The Morgan fingerprint density at radius 3 is 2.94 bits per heavy atom. The Balaban J connectivity index is 2.10. The minimum Gasteiger partial charge on any atom is -0.389 e. The molecule has 90 valence electrons. The maximum absolute atomic E-state index is 5.74. The van der Waals surface area contributed by atoms with E-state index < -0.39 is 0 Å². The fourth-order valence-electron chi connectivity index (χ4n) is 2.27. The molecule has 0 unspecified atom stereocenters. The lowest BCUT2D eigenvalue weighted by atomic mass is 10.2. The van der Waals surface area contributed by atoms with Gasteiger partial charge in [-0.25, -0.2) is 0 Å². The van der Waals surface area contributed by atoms with Gasteiger partial charge in [-0.1, -0.05) is 30.4 Å². The van der Waals surface area contributed by atoms with E-state index >= 15 is 0 Å². The Bertz CT molecular complexity index is 611. The van der Waals surface area contributed by atoms with Gasteiger partial charge in [0.2, 0.25) is 0 Å². The van der Waals surface area contributed by atoms with E-state index in [1.54, 1.807) is 6.20 Å². The Kier molecular flexibility index (Phi) is 2.68. The molecule has 0 aliphatic carbocycles. The number of fused-ring (bicyclic) bond motifs is 1. The minimum absolute atomic E-state index is 0.351. The molecule has 0 bridgehead atoms. The van der Waals surface area contributed by atoms with Gasteiger partial charge in [0.15, 0.2) is 5.82 Å². The average Bonchev–Trinajstić information content (AvgIpc) is 2.82. The Morgan fingerprint density at radius 1 is 1.28 bits per heavy atom. The number of para-hydroxylation sites is 1. The molecule has 1 aliphatic rings. The number of thiocarbonyl (C=S) groups is 1. The standard InChI is InChI=1S/C13H12N4S/c14-12(18)10-5-7-15-16-13(10)17-8-6-9-3-1-2-4-11(9)17/h1-5,7H,6,8H2,(H2,14,18). The van der Waals surface area contributed by atoms with Crippen molar-refractivity contribution in [3.8, 4) is 0 Å². The van der Waals surface area contributed by atoms with Crippen LogP contribution in [-0.2, 0) is 6.42 Å². The Labute approximate surface area is 110 Å². The van der Waals surface area contributed by atoms with Gasteiger partial charge >= 0.3 is 0 Å². The van der Waals surface area contributed by atoms with E-state index in [9.17, 15) is 0 Å². The van der Waals surface area contributed by atoms with Gasteiger partial charge in [-0.05, 0) is 24.1 Å². The van der Waals surface area contributed by atoms with Crippen LogP contribution in [0.1, 0.15) is 11.1 Å². The molecule has 2 N–H and O–H groups in total. The summed E-state index contributed by atoms with van der Waals surface area (Å²) in [6.07, 6.45) is 2.61. The van der Waals surface area contributed by atoms with Crippen molar-refractivity contribution in [3.63, 3.8) is 0 Å². The highest BCUT2D eigenvalue weighted by Gasteiger charge is 2.23. The van der Waals surface area contributed by atoms with Crippen LogP contribution in [0.4, 0.5) is 11.5 Å². The third-order valence-corrected chi connectivity index (χ3v) is 3.33. The van der Waals surface area contributed by atoms with Gasteiger partial charge in [0.25, 0.3) is 0 Å². The number of nitrogens with two attached hydrogens (primary N) is 1. The SMILES string of the molecule is NC(=S)c1ccnnc1N1CCc2ccccc21. The highest BCUT2D eigenvalue weighted by atomic mass is 32.1. The molecule has 2 heterocycles. The average molecular weight is 256 g/mol.